The lowest BCUT2D eigenvalue weighted by molar-refractivity contribution is -0.384. The van der Waals surface area contributed by atoms with Crippen LogP contribution in [0.3, 0.4) is 0 Å². The predicted octanol–water partition coefficient (Wildman–Crippen LogP) is 2.81. The molecule has 2 aromatic rings. The highest BCUT2D eigenvalue weighted by Crippen LogP contribution is 2.30. The van der Waals surface area contributed by atoms with Crippen LogP contribution in [-0.4, -0.2) is 36.4 Å². The number of nitrogens with zero attached hydrogens (tertiary/aromatic N) is 3. The lowest BCUT2D eigenvalue weighted by Crippen LogP contribution is -2.27. The normalized spacial score (nSPS) is 16.0. The first-order valence-corrected chi connectivity index (χ1v) is 9.46. The molecule has 10 heteroatoms. The van der Waals surface area contributed by atoms with Crippen LogP contribution in [0.4, 0.5) is 11.4 Å². The Balaban J connectivity index is 1.90. The average molecular weight is 378 g/mol. The summed E-state index contributed by atoms with van der Waals surface area (Å²) < 4.78 is 31.7. The van der Waals surface area contributed by atoms with Crippen LogP contribution in [-0.2, 0) is 10.0 Å². The summed E-state index contributed by atoms with van der Waals surface area (Å²) in [6.07, 6.45) is 3.08. The number of hydrogen-bond acceptors (Lipinski definition) is 7. The number of furan rings is 1. The summed E-state index contributed by atoms with van der Waals surface area (Å²) >= 11 is 0. The van der Waals surface area contributed by atoms with Crippen molar-refractivity contribution in [1.29, 1.82) is 0 Å². The van der Waals surface area contributed by atoms with Gasteiger partial charge in [0.15, 0.2) is 0 Å². The van der Waals surface area contributed by atoms with E-state index in [1.165, 1.54) is 22.7 Å². The summed E-state index contributed by atoms with van der Waals surface area (Å²) in [7, 11) is -3.73. The summed E-state index contributed by atoms with van der Waals surface area (Å²) in [5.41, 5.74) is 2.85. The number of nitro groups is 1. The monoisotopic (exact) mass is 378 g/mol. The average Bonchev–Trinajstić information content (AvgIpc) is 3.32. The van der Waals surface area contributed by atoms with Crippen LogP contribution < -0.4 is 5.43 Å². The lowest BCUT2D eigenvalue weighted by Gasteiger charge is -2.15. The second kappa shape index (κ2) is 7.26. The fourth-order valence-corrected chi connectivity index (χ4v) is 4.22. The number of benzene rings is 1. The molecule has 0 spiro atoms. The van der Waals surface area contributed by atoms with Crippen LogP contribution in [0.2, 0.25) is 0 Å². The quantitative estimate of drug-likeness (QED) is 0.469. The highest BCUT2D eigenvalue weighted by molar-refractivity contribution is 7.89. The fourth-order valence-electron chi connectivity index (χ4n) is 2.68. The van der Waals surface area contributed by atoms with Crippen molar-refractivity contribution in [2.75, 3.05) is 18.5 Å². The van der Waals surface area contributed by atoms with Crippen molar-refractivity contribution in [1.82, 2.24) is 4.31 Å². The summed E-state index contributed by atoms with van der Waals surface area (Å²) in [5.74, 6) is 0.522. The molecular weight excluding hydrogens is 360 g/mol. The first-order valence-electron chi connectivity index (χ1n) is 8.02. The van der Waals surface area contributed by atoms with E-state index in [9.17, 15) is 18.5 Å². The van der Waals surface area contributed by atoms with E-state index in [2.05, 4.69) is 10.5 Å². The van der Waals surface area contributed by atoms with Gasteiger partial charge in [0, 0.05) is 19.2 Å². The highest BCUT2D eigenvalue weighted by Gasteiger charge is 2.29. The molecule has 1 aromatic carbocycles. The largest absolute Gasteiger partial charge is 0.463 e. The fraction of sp³-hybridized carbons (Fsp3) is 0.312. The molecule has 0 unspecified atom stereocenters. The van der Waals surface area contributed by atoms with Gasteiger partial charge >= 0.3 is 0 Å². The molecule has 3 rings (SSSR count). The van der Waals surface area contributed by atoms with Crippen molar-refractivity contribution in [3.05, 3.63) is 52.5 Å². The zero-order chi connectivity index (χ0) is 18.7. The van der Waals surface area contributed by atoms with Crippen molar-refractivity contribution in [2.24, 2.45) is 5.10 Å². The van der Waals surface area contributed by atoms with Gasteiger partial charge in [-0.25, -0.2) is 8.42 Å². The number of sulfonamides is 1. The van der Waals surface area contributed by atoms with Gasteiger partial charge in [0.25, 0.3) is 5.69 Å². The van der Waals surface area contributed by atoms with Crippen LogP contribution in [0.5, 0.6) is 0 Å². The maximum absolute atomic E-state index is 12.6. The highest BCUT2D eigenvalue weighted by atomic mass is 32.2. The molecule has 1 aliphatic heterocycles. The maximum atomic E-state index is 12.6. The van der Waals surface area contributed by atoms with E-state index in [4.69, 9.17) is 4.42 Å². The van der Waals surface area contributed by atoms with E-state index < -0.39 is 14.9 Å². The number of nitro benzene ring substituents is 1. The van der Waals surface area contributed by atoms with Crippen molar-refractivity contribution < 1.29 is 17.8 Å². The van der Waals surface area contributed by atoms with E-state index in [1.807, 2.05) is 0 Å². The molecule has 2 heterocycles. The van der Waals surface area contributed by atoms with Crippen LogP contribution in [0.1, 0.15) is 25.5 Å². The Bertz CT molecular complexity index is 932. The molecule has 26 heavy (non-hydrogen) atoms. The molecule has 1 aromatic heterocycles. The van der Waals surface area contributed by atoms with E-state index in [-0.39, 0.29) is 16.3 Å². The lowest BCUT2D eigenvalue weighted by atomic mass is 10.3. The standard InChI is InChI=1S/C16H18N4O5S/c1-12(16-5-4-10-25-16)17-18-14-7-6-13(11-15(14)20(21)22)26(23,24)19-8-2-3-9-19/h4-7,10-11,18H,2-3,8-9H2,1H3/b17-12-. The maximum Gasteiger partial charge on any atom is 0.295 e. The molecular formula is C16H18N4O5S. The van der Waals surface area contributed by atoms with Gasteiger partial charge in [-0.1, -0.05) is 0 Å². The van der Waals surface area contributed by atoms with E-state index in [0.717, 1.165) is 18.9 Å². The van der Waals surface area contributed by atoms with Crippen molar-refractivity contribution in [2.45, 2.75) is 24.7 Å². The predicted molar refractivity (Wildman–Crippen MR) is 95.6 cm³/mol. The number of anilines is 1. The summed E-state index contributed by atoms with van der Waals surface area (Å²) in [6, 6.07) is 7.17. The number of hydrogen-bond donors (Lipinski definition) is 1. The SMILES string of the molecule is C/C(=N/Nc1ccc(S(=O)(=O)N2CCCC2)cc1[N+](=O)[O-])c1ccco1. The third kappa shape index (κ3) is 3.60. The van der Waals surface area contributed by atoms with Crippen LogP contribution in [0, 0.1) is 10.1 Å². The minimum atomic E-state index is -3.73. The van der Waals surface area contributed by atoms with E-state index in [1.54, 1.807) is 19.1 Å². The van der Waals surface area contributed by atoms with Gasteiger partial charge in [0.1, 0.15) is 17.2 Å². The van der Waals surface area contributed by atoms with Crippen molar-refractivity contribution in [3.63, 3.8) is 0 Å². The molecule has 0 amide bonds. The Morgan fingerprint density at radius 2 is 2.04 bits per heavy atom. The minimum absolute atomic E-state index is 0.0941. The number of rotatable bonds is 6. The third-order valence-corrected chi connectivity index (χ3v) is 5.99. The molecule has 138 valence electrons. The Morgan fingerprint density at radius 1 is 1.31 bits per heavy atom. The molecule has 0 radical (unpaired) electrons. The minimum Gasteiger partial charge on any atom is -0.463 e. The Kier molecular flexibility index (Phi) is 5.05. The summed E-state index contributed by atoms with van der Waals surface area (Å²) in [5, 5.41) is 15.4. The van der Waals surface area contributed by atoms with Gasteiger partial charge in [-0.3, -0.25) is 15.5 Å². The second-order valence-electron chi connectivity index (χ2n) is 5.83. The molecule has 1 saturated heterocycles. The van der Waals surface area contributed by atoms with Gasteiger partial charge in [0.2, 0.25) is 10.0 Å². The molecule has 0 bridgehead atoms. The van der Waals surface area contributed by atoms with Crippen LogP contribution >= 0.6 is 0 Å². The van der Waals surface area contributed by atoms with Crippen molar-refractivity contribution >= 4 is 27.1 Å². The molecule has 1 N–H and O–H groups in total. The third-order valence-electron chi connectivity index (χ3n) is 4.09. The van der Waals surface area contributed by atoms with Gasteiger partial charge < -0.3 is 4.42 Å². The topological polar surface area (TPSA) is 118 Å². The van der Waals surface area contributed by atoms with Gasteiger partial charge in [-0.15, -0.1) is 0 Å². The Labute approximate surface area is 150 Å². The van der Waals surface area contributed by atoms with Gasteiger partial charge in [0.05, 0.1) is 16.1 Å². The van der Waals surface area contributed by atoms with Crippen LogP contribution in [0.15, 0.2) is 51.0 Å². The van der Waals surface area contributed by atoms with Crippen LogP contribution in [0.25, 0.3) is 0 Å². The number of hydrazone groups is 1. The molecule has 1 fully saturated rings. The van der Waals surface area contributed by atoms with Gasteiger partial charge in [-0.05, 0) is 44.0 Å². The zero-order valence-electron chi connectivity index (χ0n) is 14.1. The van der Waals surface area contributed by atoms with Crippen molar-refractivity contribution in [3.8, 4) is 0 Å². The molecule has 0 saturated carbocycles. The Morgan fingerprint density at radius 3 is 2.65 bits per heavy atom. The number of nitrogens with one attached hydrogen (secondary N) is 1. The first-order chi connectivity index (χ1) is 12.4. The van der Waals surface area contributed by atoms with E-state index in [0.29, 0.717) is 24.6 Å². The molecule has 9 nitrogen and oxygen atoms in total. The summed E-state index contributed by atoms with van der Waals surface area (Å²) in [4.78, 5) is 10.7. The zero-order valence-corrected chi connectivity index (χ0v) is 14.9. The second-order valence-corrected chi connectivity index (χ2v) is 7.77. The smallest absolute Gasteiger partial charge is 0.295 e. The Hall–Kier alpha value is -2.72. The molecule has 0 aliphatic carbocycles. The molecule has 0 atom stereocenters. The van der Waals surface area contributed by atoms with E-state index >= 15 is 0 Å². The summed E-state index contributed by atoms with van der Waals surface area (Å²) in [6.45, 7) is 2.55. The molecule has 1 aliphatic rings. The van der Waals surface area contributed by atoms with Gasteiger partial charge in [-0.2, -0.15) is 9.41 Å². The first kappa shape index (κ1) is 18.1.